The fourth-order valence-corrected chi connectivity index (χ4v) is 3.66. The maximum Gasteiger partial charge on any atom is 0.255 e. The zero-order valence-electron chi connectivity index (χ0n) is 17.7. The molecule has 158 valence electrons. The summed E-state index contributed by atoms with van der Waals surface area (Å²) in [5, 5.41) is 3.85. The van der Waals surface area contributed by atoms with E-state index in [1.54, 1.807) is 0 Å². The lowest BCUT2D eigenvalue weighted by Gasteiger charge is -2.12. The molecule has 0 atom stereocenters. The van der Waals surface area contributed by atoms with Gasteiger partial charge in [0, 0.05) is 28.0 Å². The van der Waals surface area contributed by atoms with Gasteiger partial charge in [-0.05, 0) is 68.1 Å². The van der Waals surface area contributed by atoms with E-state index in [0.717, 1.165) is 35.0 Å². The molecule has 0 aliphatic rings. The quantitative estimate of drug-likeness (QED) is 0.413. The van der Waals surface area contributed by atoms with Crippen molar-refractivity contribution >= 4 is 40.6 Å². The molecule has 4 aromatic rings. The molecule has 0 aliphatic heterocycles. The molecule has 0 aliphatic carbocycles. The summed E-state index contributed by atoms with van der Waals surface area (Å²) in [7, 11) is 0. The molecule has 1 heterocycles. The Bertz CT molecular complexity index is 1220. The first-order valence-corrected chi connectivity index (χ1v) is 10.1. The second-order valence-electron chi connectivity index (χ2n) is 7.68. The SMILES string of the molecule is Cc1ccc(CCc2ccccc2C(=O)Nc2ccc3nc(C)cc(N)c3c2)cc1.Cl. The van der Waals surface area contributed by atoms with Crippen LogP contribution >= 0.6 is 12.4 Å². The highest BCUT2D eigenvalue weighted by Gasteiger charge is 2.12. The minimum atomic E-state index is -0.118. The van der Waals surface area contributed by atoms with Gasteiger partial charge in [0.2, 0.25) is 0 Å². The smallest absolute Gasteiger partial charge is 0.255 e. The number of aromatic nitrogens is 1. The van der Waals surface area contributed by atoms with E-state index < -0.39 is 0 Å². The minimum Gasteiger partial charge on any atom is -0.398 e. The molecule has 31 heavy (non-hydrogen) atoms. The number of rotatable bonds is 5. The van der Waals surface area contributed by atoms with Gasteiger partial charge in [0.15, 0.2) is 0 Å². The molecular weight excluding hydrogens is 406 g/mol. The van der Waals surface area contributed by atoms with E-state index in [0.29, 0.717) is 16.9 Å². The number of nitrogens with one attached hydrogen (secondary N) is 1. The second-order valence-corrected chi connectivity index (χ2v) is 7.68. The molecule has 0 saturated carbocycles. The number of carbonyl (C=O) groups is 1. The van der Waals surface area contributed by atoms with Crippen LogP contribution in [0.2, 0.25) is 0 Å². The van der Waals surface area contributed by atoms with Crippen molar-refractivity contribution in [3.05, 3.63) is 101 Å². The van der Waals surface area contributed by atoms with Crippen LogP contribution < -0.4 is 11.1 Å². The van der Waals surface area contributed by atoms with Gasteiger partial charge in [0.25, 0.3) is 5.91 Å². The maximum absolute atomic E-state index is 13.0. The molecule has 0 radical (unpaired) electrons. The van der Waals surface area contributed by atoms with Gasteiger partial charge >= 0.3 is 0 Å². The van der Waals surface area contributed by atoms with Gasteiger partial charge in [-0.2, -0.15) is 0 Å². The summed E-state index contributed by atoms with van der Waals surface area (Å²) < 4.78 is 0. The number of aryl methyl sites for hydroxylation is 4. The van der Waals surface area contributed by atoms with Crippen LogP contribution in [0.1, 0.15) is 32.7 Å². The number of pyridine rings is 1. The number of nitrogen functional groups attached to an aromatic ring is 1. The first-order chi connectivity index (χ1) is 14.5. The summed E-state index contributed by atoms with van der Waals surface area (Å²) in [5.74, 6) is -0.118. The Kier molecular flexibility index (Phi) is 6.93. The predicted octanol–water partition coefficient (Wildman–Crippen LogP) is 5.89. The molecule has 0 fully saturated rings. The lowest BCUT2D eigenvalue weighted by molar-refractivity contribution is 0.102. The fraction of sp³-hybridized carbons (Fsp3) is 0.154. The Morgan fingerprint density at radius 2 is 1.68 bits per heavy atom. The van der Waals surface area contributed by atoms with Crippen LogP contribution in [0.25, 0.3) is 10.9 Å². The average molecular weight is 432 g/mol. The Morgan fingerprint density at radius 1 is 0.935 bits per heavy atom. The van der Waals surface area contributed by atoms with Crippen LogP contribution in [0.15, 0.2) is 72.8 Å². The maximum atomic E-state index is 13.0. The van der Waals surface area contributed by atoms with Crippen LogP contribution in [-0.4, -0.2) is 10.9 Å². The van der Waals surface area contributed by atoms with Crippen molar-refractivity contribution in [2.45, 2.75) is 26.7 Å². The summed E-state index contributed by atoms with van der Waals surface area (Å²) in [5.41, 5.74) is 13.5. The molecule has 4 rings (SSSR count). The number of hydrogen-bond acceptors (Lipinski definition) is 3. The van der Waals surface area contributed by atoms with Crippen LogP contribution in [0.3, 0.4) is 0 Å². The van der Waals surface area contributed by atoms with E-state index in [4.69, 9.17) is 5.73 Å². The molecule has 0 unspecified atom stereocenters. The summed E-state index contributed by atoms with van der Waals surface area (Å²) in [6, 6.07) is 23.8. The number of amides is 1. The van der Waals surface area contributed by atoms with Crippen molar-refractivity contribution in [1.29, 1.82) is 0 Å². The lowest BCUT2D eigenvalue weighted by atomic mass is 9.99. The molecule has 1 aromatic heterocycles. The summed E-state index contributed by atoms with van der Waals surface area (Å²) in [6.45, 7) is 4.00. The van der Waals surface area contributed by atoms with Gasteiger partial charge in [0.05, 0.1) is 5.52 Å². The molecule has 1 amide bonds. The Labute approximate surface area is 188 Å². The van der Waals surface area contributed by atoms with E-state index in [1.807, 2.05) is 55.5 Å². The number of nitrogens with zero attached hydrogens (tertiary/aromatic N) is 1. The van der Waals surface area contributed by atoms with Gasteiger partial charge in [-0.3, -0.25) is 9.78 Å². The van der Waals surface area contributed by atoms with Crippen molar-refractivity contribution in [3.8, 4) is 0 Å². The van der Waals surface area contributed by atoms with Crippen LogP contribution in [-0.2, 0) is 12.8 Å². The molecule has 4 nitrogen and oxygen atoms in total. The standard InChI is InChI=1S/C26H25N3O.ClH/c1-17-7-9-19(10-8-17)11-12-20-5-3-4-6-22(20)26(30)29-21-13-14-25-23(16-21)24(27)15-18(2)28-25;/h3-10,13-16H,11-12H2,1-2H3,(H2,27,28)(H,29,30);1H. The molecule has 3 N–H and O–H groups in total. The van der Waals surface area contributed by atoms with Gasteiger partial charge in [-0.1, -0.05) is 48.0 Å². The number of anilines is 2. The molecule has 0 spiro atoms. The van der Waals surface area contributed by atoms with E-state index in [9.17, 15) is 4.79 Å². The van der Waals surface area contributed by atoms with Crippen molar-refractivity contribution in [2.24, 2.45) is 0 Å². The van der Waals surface area contributed by atoms with E-state index in [1.165, 1.54) is 11.1 Å². The van der Waals surface area contributed by atoms with E-state index in [-0.39, 0.29) is 18.3 Å². The predicted molar refractivity (Wildman–Crippen MR) is 131 cm³/mol. The molecule has 0 saturated heterocycles. The minimum absolute atomic E-state index is 0. The number of nitrogens with two attached hydrogens (primary N) is 1. The number of fused-ring (bicyclic) bond motifs is 1. The highest BCUT2D eigenvalue weighted by Crippen LogP contribution is 2.25. The van der Waals surface area contributed by atoms with Crippen molar-refractivity contribution in [1.82, 2.24) is 4.98 Å². The summed E-state index contributed by atoms with van der Waals surface area (Å²) in [6.07, 6.45) is 1.70. The Morgan fingerprint density at radius 3 is 2.45 bits per heavy atom. The zero-order valence-corrected chi connectivity index (χ0v) is 18.5. The third-order valence-electron chi connectivity index (χ3n) is 5.29. The average Bonchev–Trinajstić information content (AvgIpc) is 2.74. The fourth-order valence-electron chi connectivity index (χ4n) is 3.66. The monoisotopic (exact) mass is 431 g/mol. The van der Waals surface area contributed by atoms with E-state index >= 15 is 0 Å². The normalized spacial score (nSPS) is 10.5. The molecule has 0 bridgehead atoms. The zero-order chi connectivity index (χ0) is 21.1. The summed E-state index contributed by atoms with van der Waals surface area (Å²) >= 11 is 0. The summed E-state index contributed by atoms with van der Waals surface area (Å²) in [4.78, 5) is 17.5. The third-order valence-corrected chi connectivity index (χ3v) is 5.29. The lowest BCUT2D eigenvalue weighted by Crippen LogP contribution is -2.14. The molecule has 5 heteroatoms. The topological polar surface area (TPSA) is 68.0 Å². The first kappa shape index (κ1) is 22.3. The van der Waals surface area contributed by atoms with Crippen LogP contribution in [0, 0.1) is 13.8 Å². The molecular formula is C26H26ClN3O. The Hall–Kier alpha value is -3.37. The Balaban J connectivity index is 0.00000272. The largest absolute Gasteiger partial charge is 0.398 e. The molecule has 3 aromatic carbocycles. The second kappa shape index (κ2) is 9.63. The highest BCUT2D eigenvalue weighted by molar-refractivity contribution is 6.06. The van der Waals surface area contributed by atoms with Crippen molar-refractivity contribution < 1.29 is 4.79 Å². The van der Waals surface area contributed by atoms with Gasteiger partial charge in [-0.15, -0.1) is 12.4 Å². The van der Waals surface area contributed by atoms with Crippen molar-refractivity contribution in [2.75, 3.05) is 11.1 Å². The van der Waals surface area contributed by atoms with Gasteiger partial charge < -0.3 is 11.1 Å². The van der Waals surface area contributed by atoms with Gasteiger partial charge in [-0.25, -0.2) is 0 Å². The highest BCUT2D eigenvalue weighted by atomic mass is 35.5. The number of halogens is 1. The van der Waals surface area contributed by atoms with Crippen LogP contribution in [0.4, 0.5) is 11.4 Å². The number of carbonyl (C=O) groups excluding carboxylic acids is 1. The van der Waals surface area contributed by atoms with Gasteiger partial charge in [0.1, 0.15) is 0 Å². The third kappa shape index (κ3) is 5.22. The number of benzene rings is 3. The van der Waals surface area contributed by atoms with Crippen LogP contribution in [0.5, 0.6) is 0 Å². The van der Waals surface area contributed by atoms with Crippen molar-refractivity contribution in [3.63, 3.8) is 0 Å². The van der Waals surface area contributed by atoms with E-state index in [2.05, 4.69) is 41.5 Å². The first-order valence-electron chi connectivity index (χ1n) is 10.1. The number of hydrogen-bond donors (Lipinski definition) is 2.